The fourth-order valence-electron chi connectivity index (χ4n) is 1.51. The van der Waals surface area contributed by atoms with E-state index < -0.39 is 0 Å². The number of fused-ring (bicyclic) bond motifs is 1. The van der Waals surface area contributed by atoms with E-state index in [4.69, 9.17) is 19.9 Å². The summed E-state index contributed by atoms with van der Waals surface area (Å²) in [5, 5.41) is 0. The number of hydrogen-bond donors (Lipinski definition) is 1. The highest BCUT2D eigenvalue weighted by atomic mass is 16.7. The zero-order valence-corrected chi connectivity index (χ0v) is 6.73. The molecule has 0 saturated carbocycles. The molecule has 2 rings (SSSR count). The molecule has 68 valence electrons. The predicted octanol–water partition coefficient (Wildman–Crippen LogP) is -1.14. The Kier molecular flexibility index (Phi) is 1.79. The number of methoxy groups -OCH3 is 1. The van der Waals surface area contributed by atoms with Crippen LogP contribution < -0.4 is 5.73 Å². The van der Waals surface area contributed by atoms with Crippen LogP contribution >= 0.6 is 0 Å². The van der Waals surface area contributed by atoms with E-state index in [0.29, 0.717) is 6.61 Å². The van der Waals surface area contributed by atoms with Crippen molar-refractivity contribution in [3.63, 3.8) is 0 Å². The van der Waals surface area contributed by atoms with E-state index in [1.54, 1.807) is 7.11 Å². The molecular formula is C7H11NO4. The minimum absolute atomic E-state index is 0.0822. The number of carbonyl (C=O) groups is 1. The van der Waals surface area contributed by atoms with Crippen LogP contribution in [0.25, 0.3) is 0 Å². The van der Waals surface area contributed by atoms with E-state index in [2.05, 4.69) is 0 Å². The van der Waals surface area contributed by atoms with Crippen molar-refractivity contribution in [2.24, 2.45) is 11.7 Å². The first-order chi connectivity index (χ1) is 5.74. The Hall–Kier alpha value is -0.650. The molecule has 2 N–H and O–H groups in total. The maximum atomic E-state index is 10.8. The maximum Gasteiger partial charge on any atom is 0.225 e. The molecule has 0 unspecified atom stereocenters. The Balaban J connectivity index is 1.98. The number of primary amides is 1. The van der Waals surface area contributed by atoms with Gasteiger partial charge in [-0.05, 0) is 0 Å². The topological polar surface area (TPSA) is 74.1 Å². The first kappa shape index (κ1) is 7.97. The van der Waals surface area contributed by atoms with Crippen LogP contribution in [0.5, 0.6) is 0 Å². The molecule has 2 aliphatic rings. The molecule has 2 heterocycles. The smallest absolute Gasteiger partial charge is 0.225 e. The van der Waals surface area contributed by atoms with Gasteiger partial charge in [0, 0.05) is 7.11 Å². The van der Waals surface area contributed by atoms with Gasteiger partial charge in [0.15, 0.2) is 6.29 Å². The Morgan fingerprint density at radius 2 is 2.33 bits per heavy atom. The minimum Gasteiger partial charge on any atom is -0.369 e. The summed E-state index contributed by atoms with van der Waals surface area (Å²) in [4.78, 5) is 10.8. The second-order valence-electron chi connectivity index (χ2n) is 3.01. The predicted molar refractivity (Wildman–Crippen MR) is 38.1 cm³/mol. The van der Waals surface area contributed by atoms with Crippen molar-refractivity contribution in [1.29, 1.82) is 0 Å². The molecule has 0 bridgehead atoms. The molecule has 5 nitrogen and oxygen atoms in total. The number of hydrogen-bond acceptors (Lipinski definition) is 4. The van der Waals surface area contributed by atoms with Gasteiger partial charge in [-0.15, -0.1) is 0 Å². The van der Waals surface area contributed by atoms with Gasteiger partial charge in [0.1, 0.15) is 12.2 Å². The van der Waals surface area contributed by atoms with Crippen LogP contribution in [0, 0.1) is 5.92 Å². The SMILES string of the molecule is CO[C@H]1OC[C@H](C(N)=O)[C@@H]2O[C@H]12. The molecule has 0 aromatic carbocycles. The van der Waals surface area contributed by atoms with Crippen LogP contribution in [0.15, 0.2) is 0 Å². The van der Waals surface area contributed by atoms with E-state index in [1.807, 2.05) is 0 Å². The summed E-state index contributed by atoms with van der Waals surface area (Å²) in [7, 11) is 1.55. The Bertz CT molecular complexity index is 208. The van der Waals surface area contributed by atoms with Gasteiger partial charge in [-0.1, -0.05) is 0 Å². The highest BCUT2D eigenvalue weighted by Gasteiger charge is 2.56. The summed E-state index contributed by atoms with van der Waals surface area (Å²) >= 11 is 0. The van der Waals surface area contributed by atoms with Gasteiger partial charge in [0.25, 0.3) is 0 Å². The van der Waals surface area contributed by atoms with Gasteiger partial charge in [-0.2, -0.15) is 0 Å². The lowest BCUT2D eigenvalue weighted by atomic mass is 10.0. The second-order valence-corrected chi connectivity index (χ2v) is 3.01. The lowest BCUT2D eigenvalue weighted by Crippen LogP contribution is -2.41. The van der Waals surface area contributed by atoms with Crippen molar-refractivity contribution < 1.29 is 19.0 Å². The summed E-state index contributed by atoms with van der Waals surface area (Å²) in [6, 6.07) is 0. The minimum atomic E-state index is -0.364. The summed E-state index contributed by atoms with van der Waals surface area (Å²) in [6.07, 6.45) is -0.506. The molecule has 4 atom stereocenters. The zero-order chi connectivity index (χ0) is 8.72. The van der Waals surface area contributed by atoms with Crippen molar-refractivity contribution in [1.82, 2.24) is 0 Å². The molecule has 0 radical (unpaired) electrons. The molecule has 2 fully saturated rings. The molecule has 1 amide bonds. The molecule has 5 heteroatoms. The van der Waals surface area contributed by atoms with E-state index in [1.165, 1.54) is 0 Å². The monoisotopic (exact) mass is 173 g/mol. The third kappa shape index (κ3) is 1.10. The first-order valence-electron chi connectivity index (χ1n) is 3.83. The molecule has 12 heavy (non-hydrogen) atoms. The summed E-state index contributed by atoms with van der Waals surface area (Å²) in [6.45, 7) is 0.301. The number of epoxide rings is 1. The number of carbonyl (C=O) groups excluding carboxylic acids is 1. The maximum absolute atomic E-state index is 10.8. The van der Waals surface area contributed by atoms with Gasteiger partial charge in [-0.25, -0.2) is 0 Å². The average molecular weight is 173 g/mol. The van der Waals surface area contributed by atoms with Gasteiger partial charge in [0.2, 0.25) is 5.91 Å². The highest BCUT2D eigenvalue weighted by Crippen LogP contribution is 2.37. The summed E-state index contributed by atoms with van der Waals surface area (Å²) in [5.41, 5.74) is 5.13. The van der Waals surface area contributed by atoms with Gasteiger partial charge in [-0.3, -0.25) is 4.79 Å². The molecule has 2 aliphatic heterocycles. The van der Waals surface area contributed by atoms with Crippen molar-refractivity contribution >= 4 is 5.91 Å². The van der Waals surface area contributed by atoms with E-state index in [0.717, 1.165) is 0 Å². The lowest BCUT2D eigenvalue weighted by molar-refractivity contribution is -0.157. The number of nitrogens with two attached hydrogens (primary N) is 1. The van der Waals surface area contributed by atoms with Crippen molar-refractivity contribution in [2.75, 3.05) is 13.7 Å². The summed E-state index contributed by atoms with van der Waals surface area (Å²) in [5.74, 6) is -0.668. The van der Waals surface area contributed by atoms with Crippen LogP contribution in [0.2, 0.25) is 0 Å². The fourth-order valence-corrected chi connectivity index (χ4v) is 1.51. The number of amides is 1. The Morgan fingerprint density at radius 3 is 2.92 bits per heavy atom. The Labute approximate surface area is 69.8 Å². The van der Waals surface area contributed by atoms with Crippen LogP contribution in [-0.4, -0.2) is 38.1 Å². The van der Waals surface area contributed by atoms with E-state index >= 15 is 0 Å². The van der Waals surface area contributed by atoms with Gasteiger partial charge in [0.05, 0.1) is 12.5 Å². The zero-order valence-electron chi connectivity index (χ0n) is 6.73. The molecule has 0 aromatic rings. The molecule has 0 spiro atoms. The van der Waals surface area contributed by atoms with Gasteiger partial charge < -0.3 is 19.9 Å². The fraction of sp³-hybridized carbons (Fsp3) is 0.857. The Morgan fingerprint density at radius 1 is 1.58 bits per heavy atom. The largest absolute Gasteiger partial charge is 0.369 e. The highest BCUT2D eigenvalue weighted by molar-refractivity contribution is 5.78. The average Bonchev–Trinajstić information content (AvgIpc) is 2.80. The van der Waals surface area contributed by atoms with Crippen molar-refractivity contribution in [3.05, 3.63) is 0 Å². The van der Waals surface area contributed by atoms with Crippen LogP contribution in [0.1, 0.15) is 0 Å². The van der Waals surface area contributed by atoms with E-state index in [-0.39, 0.29) is 30.3 Å². The van der Waals surface area contributed by atoms with Crippen molar-refractivity contribution in [2.45, 2.75) is 18.5 Å². The van der Waals surface area contributed by atoms with Gasteiger partial charge >= 0.3 is 0 Å². The van der Waals surface area contributed by atoms with Crippen LogP contribution in [0.3, 0.4) is 0 Å². The number of ether oxygens (including phenoxy) is 3. The molecule has 0 aromatic heterocycles. The lowest BCUT2D eigenvalue weighted by Gasteiger charge is -2.21. The first-order valence-corrected chi connectivity index (χ1v) is 3.83. The van der Waals surface area contributed by atoms with Crippen LogP contribution in [-0.2, 0) is 19.0 Å². The second kappa shape index (κ2) is 2.69. The quantitative estimate of drug-likeness (QED) is 0.535. The van der Waals surface area contributed by atoms with Crippen LogP contribution in [0.4, 0.5) is 0 Å². The normalized spacial score (nSPS) is 45.1. The number of rotatable bonds is 2. The summed E-state index contributed by atoms with van der Waals surface area (Å²) < 4.78 is 15.4. The molecular weight excluding hydrogens is 162 g/mol. The van der Waals surface area contributed by atoms with E-state index in [9.17, 15) is 4.79 Å². The standard InChI is InChI=1S/C7H11NO4/c1-10-7-5-4(12-5)3(2-11-7)6(8)9/h3-5,7H,2H2,1H3,(H2,8,9)/t3-,4-,5-,7-/m0/s1. The third-order valence-corrected chi connectivity index (χ3v) is 2.26. The molecule has 0 aliphatic carbocycles. The van der Waals surface area contributed by atoms with Crippen molar-refractivity contribution in [3.8, 4) is 0 Å². The molecule has 2 saturated heterocycles. The third-order valence-electron chi connectivity index (χ3n) is 2.26.